The molecule has 0 heterocycles. The van der Waals surface area contributed by atoms with E-state index in [0.717, 1.165) is 12.1 Å². The molecule has 0 atom stereocenters. The molecule has 0 aromatic heterocycles. The average molecular weight is 178 g/mol. The molecule has 0 aromatic carbocycles. The summed E-state index contributed by atoms with van der Waals surface area (Å²) in [6.07, 6.45) is 0. The Balaban J connectivity index is 3.43. The van der Waals surface area contributed by atoms with Gasteiger partial charge in [-0.2, -0.15) is 0 Å². The molecule has 0 spiro atoms. The predicted molar refractivity (Wildman–Crippen MR) is 48.8 cm³/mol. The van der Waals surface area contributed by atoms with Gasteiger partial charge in [0.2, 0.25) is 0 Å². The fourth-order valence-electron chi connectivity index (χ4n) is 0.604. The average Bonchev–Trinajstić information content (AvgIpc) is 1.85. The van der Waals surface area contributed by atoms with Crippen LogP contribution in [0.5, 0.6) is 0 Å². The van der Waals surface area contributed by atoms with Gasteiger partial charge in [-0.25, -0.2) is 0 Å². The highest BCUT2D eigenvalue weighted by molar-refractivity contribution is 6.25. The van der Waals surface area contributed by atoms with E-state index in [1.807, 2.05) is 6.92 Å². The van der Waals surface area contributed by atoms with E-state index >= 15 is 0 Å². The Morgan fingerprint density at radius 3 is 2.55 bits per heavy atom. The number of rotatable bonds is 4. The van der Waals surface area contributed by atoms with Crippen LogP contribution in [0.3, 0.4) is 0 Å². The zero-order chi connectivity index (χ0) is 8.91. The Kier molecular flexibility index (Phi) is 4.73. The largest absolute Gasteiger partial charge is 0.389 e. The maximum Gasteiger partial charge on any atom is 0.0715 e. The van der Waals surface area contributed by atoms with E-state index in [9.17, 15) is 5.11 Å². The molecule has 0 bridgehead atoms. The lowest BCUT2D eigenvalue weighted by Crippen LogP contribution is -2.35. The molecule has 2 nitrogen and oxygen atoms in total. The summed E-state index contributed by atoms with van der Waals surface area (Å²) < 4.78 is 0. The summed E-state index contributed by atoms with van der Waals surface area (Å²) in [6, 6.07) is 0. The Labute approximate surface area is 73.3 Å². The highest BCUT2D eigenvalue weighted by Gasteiger charge is 2.10. The molecule has 0 aliphatic heterocycles. The van der Waals surface area contributed by atoms with Crippen molar-refractivity contribution < 1.29 is 5.11 Å². The van der Waals surface area contributed by atoms with E-state index in [0.29, 0.717) is 6.54 Å². The zero-order valence-corrected chi connectivity index (χ0v) is 8.07. The summed E-state index contributed by atoms with van der Waals surface area (Å²) in [6.45, 7) is 6.77. The maximum atomic E-state index is 9.29. The van der Waals surface area contributed by atoms with Crippen LogP contribution in [0.2, 0.25) is 0 Å². The minimum Gasteiger partial charge on any atom is -0.389 e. The summed E-state index contributed by atoms with van der Waals surface area (Å²) in [7, 11) is 0. The smallest absolute Gasteiger partial charge is 0.0715 e. The molecule has 0 fully saturated rings. The molecule has 0 radical (unpaired) electrons. The second-order valence-corrected chi connectivity index (χ2v) is 3.59. The van der Waals surface area contributed by atoms with Gasteiger partial charge in [-0.3, -0.25) is 0 Å². The van der Waals surface area contributed by atoms with Crippen LogP contribution in [-0.2, 0) is 0 Å². The molecule has 2 N–H and O–H groups in total. The minimum absolute atomic E-state index is 0.578. The van der Waals surface area contributed by atoms with E-state index in [-0.39, 0.29) is 0 Å². The highest BCUT2D eigenvalue weighted by Crippen LogP contribution is 1.98. The van der Waals surface area contributed by atoms with E-state index in [4.69, 9.17) is 11.6 Å². The van der Waals surface area contributed by atoms with Crippen LogP contribution in [0.25, 0.3) is 0 Å². The van der Waals surface area contributed by atoms with E-state index < -0.39 is 5.60 Å². The second kappa shape index (κ2) is 4.75. The Bertz CT molecular complexity index is 138. The van der Waals surface area contributed by atoms with Crippen LogP contribution in [-0.4, -0.2) is 23.8 Å². The molecular formula is C8H16ClNO. The van der Waals surface area contributed by atoms with Crippen molar-refractivity contribution in [2.24, 2.45) is 0 Å². The molecule has 0 saturated heterocycles. The molecule has 66 valence electrons. The minimum atomic E-state index is -0.646. The van der Waals surface area contributed by atoms with Gasteiger partial charge in [-0.1, -0.05) is 11.6 Å². The van der Waals surface area contributed by atoms with Crippen LogP contribution in [0.15, 0.2) is 11.1 Å². The number of halogens is 1. The quantitative estimate of drug-likeness (QED) is 0.682. The first-order chi connectivity index (χ1) is 4.95. The summed E-state index contributed by atoms with van der Waals surface area (Å²) in [5.41, 5.74) is 1.96. The molecule has 0 aliphatic rings. The summed E-state index contributed by atoms with van der Waals surface area (Å²) in [5, 5.41) is 12.4. The molecule has 0 aromatic rings. The predicted octanol–water partition coefficient (Wildman–Crippen LogP) is 1.49. The standard InChI is InChI=1S/C8H16ClNO/c1-7(4-9)5-10-6-8(2,3)11/h4,10-11H,5-6H2,1-3H3. The van der Waals surface area contributed by atoms with Gasteiger partial charge in [0, 0.05) is 18.6 Å². The third-order valence-electron chi connectivity index (χ3n) is 1.15. The molecule has 0 rings (SSSR count). The van der Waals surface area contributed by atoms with Gasteiger partial charge in [0.1, 0.15) is 0 Å². The molecule has 11 heavy (non-hydrogen) atoms. The molecule has 0 aliphatic carbocycles. The van der Waals surface area contributed by atoms with Gasteiger partial charge in [-0.05, 0) is 26.3 Å². The van der Waals surface area contributed by atoms with Crippen molar-refractivity contribution in [2.45, 2.75) is 26.4 Å². The Hall–Kier alpha value is -0.0500. The van der Waals surface area contributed by atoms with Crippen LogP contribution >= 0.6 is 11.6 Å². The number of aliphatic hydroxyl groups is 1. The fourth-order valence-corrected chi connectivity index (χ4v) is 0.681. The van der Waals surface area contributed by atoms with Crippen LogP contribution in [0.1, 0.15) is 20.8 Å². The Morgan fingerprint density at radius 2 is 2.18 bits per heavy atom. The van der Waals surface area contributed by atoms with E-state index in [1.165, 1.54) is 5.54 Å². The molecule has 0 amide bonds. The van der Waals surface area contributed by atoms with Gasteiger partial charge in [-0.15, -0.1) is 0 Å². The van der Waals surface area contributed by atoms with Gasteiger partial charge < -0.3 is 10.4 Å². The monoisotopic (exact) mass is 177 g/mol. The molecule has 3 heteroatoms. The SMILES string of the molecule is CC(=CCl)CNCC(C)(C)O. The Morgan fingerprint density at radius 1 is 1.64 bits per heavy atom. The van der Waals surface area contributed by atoms with Crippen molar-refractivity contribution in [3.05, 3.63) is 11.1 Å². The van der Waals surface area contributed by atoms with Gasteiger partial charge in [0.15, 0.2) is 0 Å². The van der Waals surface area contributed by atoms with Gasteiger partial charge in [0.25, 0.3) is 0 Å². The number of hydrogen-bond acceptors (Lipinski definition) is 2. The van der Waals surface area contributed by atoms with Crippen LogP contribution < -0.4 is 5.32 Å². The van der Waals surface area contributed by atoms with Gasteiger partial charge in [0.05, 0.1) is 5.60 Å². The lowest BCUT2D eigenvalue weighted by Gasteiger charge is -2.17. The summed E-state index contributed by atoms with van der Waals surface area (Å²) in [4.78, 5) is 0. The first-order valence-electron chi connectivity index (χ1n) is 3.64. The van der Waals surface area contributed by atoms with Crippen LogP contribution in [0.4, 0.5) is 0 Å². The topological polar surface area (TPSA) is 32.3 Å². The van der Waals surface area contributed by atoms with Crippen molar-refractivity contribution in [3.63, 3.8) is 0 Å². The summed E-state index contributed by atoms with van der Waals surface area (Å²) >= 11 is 5.44. The number of hydrogen-bond donors (Lipinski definition) is 2. The lowest BCUT2D eigenvalue weighted by atomic mass is 10.1. The maximum absolute atomic E-state index is 9.29. The van der Waals surface area contributed by atoms with Crippen LogP contribution in [0, 0.1) is 0 Å². The number of nitrogens with one attached hydrogen (secondary N) is 1. The van der Waals surface area contributed by atoms with E-state index in [1.54, 1.807) is 13.8 Å². The van der Waals surface area contributed by atoms with Gasteiger partial charge >= 0.3 is 0 Å². The molecular weight excluding hydrogens is 162 g/mol. The third kappa shape index (κ3) is 7.85. The van der Waals surface area contributed by atoms with Crippen molar-refractivity contribution in [3.8, 4) is 0 Å². The van der Waals surface area contributed by atoms with Crippen molar-refractivity contribution in [2.75, 3.05) is 13.1 Å². The highest BCUT2D eigenvalue weighted by atomic mass is 35.5. The normalized spacial score (nSPS) is 13.7. The lowest BCUT2D eigenvalue weighted by molar-refractivity contribution is 0.0808. The zero-order valence-electron chi connectivity index (χ0n) is 7.32. The van der Waals surface area contributed by atoms with Crippen molar-refractivity contribution in [1.29, 1.82) is 0 Å². The van der Waals surface area contributed by atoms with Crippen molar-refractivity contribution in [1.82, 2.24) is 5.32 Å². The summed E-state index contributed by atoms with van der Waals surface area (Å²) in [5.74, 6) is 0. The second-order valence-electron chi connectivity index (χ2n) is 3.37. The fraction of sp³-hybridized carbons (Fsp3) is 0.750. The third-order valence-corrected chi connectivity index (χ3v) is 1.52. The molecule has 0 saturated carbocycles. The molecule has 0 unspecified atom stereocenters. The first kappa shape index (κ1) is 11.0. The van der Waals surface area contributed by atoms with E-state index in [2.05, 4.69) is 5.32 Å². The van der Waals surface area contributed by atoms with Crippen molar-refractivity contribution >= 4 is 11.6 Å². The first-order valence-corrected chi connectivity index (χ1v) is 4.08.